The third-order valence-corrected chi connectivity index (χ3v) is 10.6. The molecular weight excluding hydrogens is 613 g/mol. The number of para-hydroxylation sites is 1. The molecule has 2 aromatic heterocycles. The first kappa shape index (κ1) is 29.0. The topological polar surface area (TPSA) is 51.0 Å². The minimum atomic E-state index is -0.120. The summed E-state index contributed by atoms with van der Waals surface area (Å²) in [4.78, 5) is 11.1. The van der Waals surface area contributed by atoms with Crippen molar-refractivity contribution in [3.05, 3.63) is 162 Å². The Bertz CT molecular complexity index is 2690. The minimum absolute atomic E-state index is 0.0822. The van der Waals surface area contributed by atoms with Gasteiger partial charge in [0.05, 0.1) is 6.04 Å². The van der Waals surface area contributed by atoms with Gasteiger partial charge in [-0.05, 0) is 82.8 Å². The number of furan rings is 2. The molecular formula is C46H34N2O2. The molecule has 0 radical (unpaired) electrons. The van der Waals surface area contributed by atoms with Gasteiger partial charge in [-0.1, -0.05) is 110 Å². The Morgan fingerprint density at radius 2 is 1.36 bits per heavy atom. The van der Waals surface area contributed by atoms with Crippen LogP contribution in [0.4, 0.5) is 0 Å². The first-order valence-electron chi connectivity index (χ1n) is 17.6. The quantitative estimate of drug-likeness (QED) is 0.187. The number of amidine groups is 1. The van der Waals surface area contributed by atoms with E-state index in [1.165, 1.54) is 38.6 Å². The standard InChI is InChI=1S/C46H34N2O2/c1-2-34-44(32-22-23-40-37(26-32)38-25-30-14-6-7-15-31(30)27-42(38)50-40)47-46(33-17-10-16-29(24-33)28-12-4-3-5-13-28)48-45(34)36-19-11-21-41-43(36)35-18-8-9-20-39(35)49-41/h3-18,20-27,34,36,44H,2,19H2,1H3. The second-order valence-electron chi connectivity index (χ2n) is 13.5. The molecule has 4 heteroatoms. The summed E-state index contributed by atoms with van der Waals surface area (Å²) in [6.45, 7) is 2.27. The van der Waals surface area contributed by atoms with Gasteiger partial charge in [0, 0.05) is 44.8 Å². The molecule has 0 saturated heterocycles. The Labute approximate surface area is 290 Å². The van der Waals surface area contributed by atoms with Gasteiger partial charge >= 0.3 is 0 Å². The summed E-state index contributed by atoms with van der Waals surface area (Å²) in [6.07, 6.45) is 6.15. The van der Waals surface area contributed by atoms with Crippen LogP contribution in [0.15, 0.2) is 158 Å². The van der Waals surface area contributed by atoms with Gasteiger partial charge in [0.25, 0.3) is 0 Å². The number of allylic oxidation sites excluding steroid dienone is 1. The molecule has 1 aliphatic heterocycles. The predicted octanol–water partition coefficient (Wildman–Crippen LogP) is 12.3. The molecule has 0 amide bonds. The van der Waals surface area contributed by atoms with Crippen molar-refractivity contribution in [2.24, 2.45) is 15.9 Å². The fourth-order valence-electron chi connectivity index (χ4n) is 8.23. The number of fused-ring (bicyclic) bond motifs is 7. The van der Waals surface area contributed by atoms with Crippen LogP contribution < -0.4 is 0 Å². The molecule has 0 N–H and O–H groups in total. The van der Waals surface area contributed by atoms with E-state index in [0.717, 1.165) is 63.1 Å². The number of nitrogens with zero attached hydrogens (tertiary/aromatic N) is 2. The van der Waals surface area contributed by atoms with Gasteiger partial charge in [0.2, 0.25) is 0 Å². The van der Waals surface area contributed by atoms with Gasteiger partial charge in [-0.3, -0.25) is 4.99 Å². The van der Waals surface area contributed by atoms with Crippen molar-refractivity contribution in [1.29, 1.82) is 0 Å². The smallest absolute Gasteiger partial charge is 0.155 e. The summed E-state index contributed by atoms with van der Waals surface area (Å²) < 4.78 is 12.8. The molecule has 240 valence electrons. The lowest BCUT2D eigenvalue weighted by Crippen LogP contribution is -2.32. The van der Waals surface area contributed by atoms with E-state index in [-0.39, 0.29) is 17.9 Å². The van der Waals surface area contributed by atoms with Crippen LogP contribution in [0.1, 0.15) is 54.2 Å². The molecule has 50 heavy (non-hydrogen) atoms. The number of hydrogen-bond donors (Lipinski definition) is 0. The van der Waals surface area contributed by atoms with Gasteiger partial charge in [-0.25, -0.2) is 4.99 Å². The molecule has 1 aliphatic carbocycles. The van der Waals surface area contributed by atoms with Crippen molar-refractivity contribution in [3.63, 3.8) is 0 Å². The average molecular weight is 647 g/mol. The van der Waals surface area contributed by atoms with Crippen molar-refractivity contribution < 1.29 is 8.83 Å². The van der Waals surface area contributed by atoms with Crippen molar-refractivity contribution >= 4 is 61.3 Å². The van der Waals surface area contributed by atoms with E-state index in [1.807, 2.05) is 6.07 Å². The highest BCUT2D eigenvalue weighted by atomic mass is 16.3. The zero-order chi connectivity index (χ0) is 33.2. The van der Waals surface area contributed by atoms with E-state index in [1.54, 1.807) is 0 Å². The maximum atomic E-state index is 6.41. The highest BCUT2D eigenvalue weighted by Gasteiger charge is 2.38. The fourth-order valence-corrected chi connectivity index (χ4v) is 8.23. The lowest BCUT2D eigenvalue weighted by atomic mass is 9.75. The number of benzene rings is 6. The molecule has 3 heterocycles. The third-order valence-electron chi connectivity index (χ3n) is 10.6. The third kappa shape index (κ3) is 4.67. The van der Waals surface area contributed by atoms with Gasteiger partial charge in [0.1, 0.15) is 22.5 Å². The molecule has 3 unspecified atom stereocenters. The molecule has 6 aromatic carbocycles. The normalized spacial score (nSPS) is 18.9. The highest BCUT2D eigenvalue weighted by Crippen LogP contribution is 2.46. The maximum Gasteiger partial charge on any atom is 0.155 e. The molecule has 0 saturated carbocycles. The van der Waals surface area contributed by atoms with Crippen LogP contribution in [0.5, 0.6) is 0 Å². The molecule has 0 spiro atoms. The summed E-state index contributed by atoms with van der Waals surface area (Å²) in [5, 5.41) is 5.80. The second kappa shape index (κ2) is 11.6. The van der Waals surface area contributed by atoms with Gasteiger partial charge in [-0.2, -0.15) is 0 Å². The van der Waals surface area contributed by atoms with E-state index in [4.69, 9.17) is 18.8 Å². The van der Waals surface area contributed by atoms with Gasteiger partial charge < -0.3 is 8.83 Å². The van der Waals surface area contributed by atoms with Gasteiger partial charge in [-0.15, -0.1) is 0 Å². The lowest BCUT2D eigenvalue weighted by molar-refractivity contribution is 0.515. The Morgan fingerprint density at radius 3 is 2.24 bits per heavy atom. The van der Waals surface area contributed by atoms with Crippen molar-refractivity contribution in [2.75, 3.05) is 0 Å². The zero-order valence-corrected chi connectivity index (χ0v) is 27.7. The predicted molar refractivity (Wildman–Crippen MR) is 206 cm³/mol. The van der Waals surface area contributed by atoms with E-state index in [0.29, 0.717) is 0 Å². The minimum Gasteiger partial charge on any atom is -0.456 e. The van der Waals surface area contributed by atoms with Crippen LogP contribution in [-0.2, 0) is 0 Å². The second-order valence-corrected chi connectivity index (χ2v) is 13.5. The summed E-state index contributed by atoms with van der Waals surface area (Å²) >= 11 is 0. The SMILES string of the molecule is CCC1C(C2CC=Cc3oc4ccccc4c32)=NC(c2cccc(-c3ccccc3)c2)=NC1c1ccc2oc3cc4ccccc4cc3c2c1. The Balaban J connectivity index is 1.16. The maximum absolute atomic E-state index is 6.41. The summed E-state index contributed by atoms with van der Waals surface area (Å²) in [6, 6.07) is 47.0. The number of hydrogen-bond acceptors (Lipinski definition) is 4. The Hall–Kier alpha value is -6.00. The highest BCUT2D eigenvalue weighted by molar-refractivity contribution is 6.13. The molecule has 0 bridgehead atoms. The van der Waals surface area contributed by atoms with Crippen molar-refractivity contribution in [3.8, 4) is 11.1 Å². The van der Waals surface area contributed by atoms with Crippen LogP contribution >= 0.6 is 0 Å². The number of rotatable bonds is 5. The summed E-state index contributed by atoms with van der Waals surface area (Å²) in [5.41, 5.74) is 9.65. The largest absolute Gasteiger partial charge is 0.456 e. The van der Waals surface area contributed by atoms with Crippen LogP contribution in [0.2, 0.25) is 0 Å². The van der Waals surface area contributed by atoms with Crippen molar-refractivity contribution in [1.82, 2.24) is 0 Å². The van der Waals surface area contributed by atoms with Crippen LogP contribution in [0, 0.1) is 5.92 Å². The van der Waals surface area contributed by atoms with Crippen LogP contribution in [0.3, 0.4) is 0 Å². The molecule has 10 rings (SSSR count). The molecule has 2 aliphatic rings. The van der Waals surface area contributed by atoms with Crippen LogP contribution in [-0.4, -0.2) is 11.5 Å². The molecule has 3 atom stereocenters. The summed E-state index contributed by atoms with van der Waals surface area (Å²) in [7, 11) is 0. The zero-order valence-electron chi connectivity index (χ0n) is 27.7. The Morgan fingerprint density at radius 1 is 0.620 bits per heavy atom. The van der Waals surface area contributed by atoms with E-state index < -0.39 is 0 Å². The first-order chi connectivity index (χ1) is 24.7. The fraction of sp³-hybridized carbons (Fsp3) is 0.130. The van der Waals surface area contributed by atoms with Crippen molar-refractivity contribution in [2.45, 2.75) is 31.7 Å². The van der Waals surface area contributed by atoms with E-state index in [2.05, 4.69) is 146 Å². The van der Waals surface area contributed by atoms with Crippen LogP contribution in [0.25, 0.3) is 60.9 Å². The molecule has 8 aromatic rings. The first-order valence-corrected chi connectivity index (χ1v) is 17.6. The molecule has 0 fully saturated rings. The van der Waals surface area contributed by atoms with Gasteiger partial charge in [0.15, 0.2) is 5.84 Å². The molecule has 4 nitrogen and oxygen atoms in total. The lowest BCUT2D eigenvalue weighted by Gasteiger charge is -2.34. The van der Waals surface area contributed by atoms with E-state index >= 15 is 0 Å². The Kier molecular flexibility index (Phi) is 6.70. The summed E-state index contributed by atoms with van der Waals surface area (Å²) in [5.74, 6) is 1.90. The monoisotopic (exact) mass is 646 g/mol. The number of aliphatic imine (C=N–C) groups is 2. The average Bonchev–Trinajstić information content (AvgIpc) is 3.74. The van der Waals surface area contributed by atoms with E-state index in [9.17, 15) is 0 Å².